The summed E-state index contributed by atoms with van der Waals surface area (Å²) in [4.78, 5) is 21.8. The topological polar surface area (TPSA) is 106 Å². The zero-order valence-corrected chi connectivity index (χ0v) is 17.1. The molecule has 0 aliphatic heterocycles. The van der Waals surface area contributed by atoms with Gasteiger partial charge in [0.2, 0.25) is 0 Å². The van der Waals surface area contributed by atoms with Gasteiger partial charge in [0.1, 0.15) is 5.69 Å². The van der Waals surface area contributed by atoms with Crippen LogP contribution < -0.4 is 16.0 Å². The van der Waals surface area contributed by atoms with Gasteiger partial charge in [-0.1, -0.05) is 0 Å². The lowest BCUT2D eigenvalue weighted by atomic mass is 10.1. The number of carbonyl (C=O) groups excluding carboxylic acids is 1. The van der Waals surface area contributed by atoms with Crippen LogP contribution >= 0.6 is 12.2 Å². The summed E-state index contributed by atoms with van der Waals surface area (Å²) in [6.45, 7) is 2.39. The number of nitrogens with one attached hydrogen (secondary N) is 3. The van der Waals surface area contributed by atoms with E-state index in [0.717, 1.165) is 12.1 Å². The van der Waals surface area contributed by atoms with Crippen LogP contribution in [0.1, 0.15) is 22.8 Å². The van der Waals surface area contributed by atoms with Gasteiger partial charge >= 0.3 is 12.1 Å². The Hall–Kier alpha value is -3.41. The van der Waals surface area contributed by atoms with E-state index < -0.39 is 28.3 Å². The van der Waals surface area contributed by atoms with Crippen LogP contribution in [0.4, 0.5) is 30.2 Å². The number of carbonyl (C=O) groups is 1. The number of hydrogen-bond acceptors (Lipinski definition) is 6. The average molecular weight is 456 g/mol. The summed E-state index contributed by atoms with van der Waals surface area (Å²) >= 11 is 5.14. The molecule has 2 aromatic carbocycles. The number of nitro benzene ring substituents is 1. The lowest BCUT2D eigenvalue weighted by Crippen LogP contribution is -2.32. The molecular weight excluding hydrogens is 437 g/mol. The Morgan fingerprint density at radius 1 is 1.16 bits per heavy atom. The fourth-order valence-corrected chi connectivity index (χ4v) is 2.68. The van der Waals surface area contributed by atoms with Crippen LogP contribution in [-0.4, -0.2) is 35.7 Å². The van der Waals surface area contributed by atoms with Crippen molar-refractivity contribution < 1.29 is 27.6 Å². The van der Waals surface area contributed by atoms with E-state index in [1.54, 1.807) is 31.2 Å². The molecule has 0 aromatic heterocycles. The second-order valence-corrected chi connectivity index (χ2v) is 6.50. The van der Waals surface area contributed by atoms with Crippen LogP contribution in [0.2, 0.25) is 0 Å². The van der Waals surface area contributed by atoms with Gasteiger partial charge in [0.15, 0.2) is 5.11 Å². The van der Waals surface area contributed by atoms with Gasteiger partial charge in [-0.2, -0.15) is 13.2 Å². The van der Waals surface area contributed by atoms with Crippen LogP contribution in [0.5, 0.6) is 0 Å². The van der Waals surface area contributed by atoms with Gasteiger partial charge < -0.3 is 20.7 Å². The summed E-state index contributed by atoms with van der Waals surface area (Å²) in [6.07, 6.45) is -4.67. The molecule has 0 aliphatic rings. The zero-order chi connectivity index (χ0) is 23.0. The maximum Gasteiger partial charge on any atom is 0.416 e. The average Bonchev–Trinajstić information content (AvgIpc) is 2.71. The molecule has 0 unspecified atom stereocenters. The molecule has 2 aromatic rings. The standard InChI is InChI=1S/C19H19F3N4O4S/c1-2-30-17(27)12-3-6-14(7-4-12)25-18(31)24-10-9-23-15-8-5-13(19(20,21)22)11-16(15)26(28)29/h3-8,11,23H,2,9-10H2,1H3,(H2,24,25,31). The van der Waals surface area contributed by atoms with Gasteiger partial charge in [0.25, 0.3) is 5.69 Å². The van der Waals surface area contributed by atoms with Crippen molar-refractivity contribution in [3.8, 4) is 0 Å². The molecular formula is C19H19F3N4O4S. The first-order valence-electron chi connectivity index (χ1n) is 9.03. The lowest BCUT2D eigenvalue weighted by molar-refractivity contribution is -0.384. The Morgan fingerprint density at radius 3 is 2.42 bits per heavy atom. The number of alkyl halides is 3. The summed E-state index contributed by atoms with van der Waals surface area (Å²) in [5.41, 5.74) is -0.779. The molecule has 0 heterocycles. The number of hydrogen-bond donors (Lipinski definition) is 3. The third kappa shape index (κ3) is 7.10. The molecule has 0 radical (unpaired) electrons. The summed E-state index contributed by atoms with van der Waals surface area (Å²) in [5, 5.41) is 19.8. The highest BCUT2D eigenvalue weighted by Gasteiger charge is 2.32. The quantitative estimate of drug-likeness (QED) is 0.179. The van der Waals surface area contributed by atoms with E-state index in [0.29, 0.717) is 17.3 Å². The van der Waals surface area contributed by atoms with Gasteiger partial charge in [-0.05, 0) is 55.5 Å². The molecule has 0 atom stereocenters. The number of benzene rings is 2. The summed E-state index contributed by atoms with van der Waals surface area (Å²) < 4.78 is 43.1. The van der Waals surface area contributed by atoms with Gasteiger partial charge in [-0.25, -0.2) is 4.79 Å². The summed E-state index contributed by atoms with van der Waals surface area (Å²) in [7, 11) is 0. The molecule has 0 bridgehead atoms. The van der Waals surface area contributed by atoms with Crippen LogP contribution in [-0.2, 0) is 10.9 Å². The van der Waals surface area contributed by atoms with Crippen LogP contribution in [0.25, 0.3) is 0 Å². The molecule has 166 valence electrons. The Labute approximate surface area is 180 Å². The Bertz CT molecular complexity index is 952. The van der Waals surface area contributed by atoms with Crippen molar-refractivity contribution in [3.63, 3.8) is 0 Å². The zero-order valence-electron chi connectivity index (χ0n) is 16.3. The Kier molecular flexibility index (Phi) is 8.14. The van der Waals surface area contributed by atoms with E-state index >= 15 is 0 Å². The maximum absolute atomic E-state index is 12.7. The van der Waals surface area contributed by atoms with Gasteiger partial charge in [0.05, 0.1) is 22.7 Å². The number of rotatable bonds is 8. The third-order valence-corrected chi connectivity index (χ3v) is 4.15. The van der Waals surface area contributed by atoms with E-state index in [1.807, 2.05) is 0 Å². The van der Waals surface area contributed by atoms with Gasteiger partial charge in [-0.3, -0.25) is 10.1 Å². The van der Waals surface area contributed by atoms with Crippen molar-refractivity contribution in [1.29, 1.82) is 0 Å². The molecule has 0 saturated heterocycles. The van der Waals surface area contributed by atoms with Crippen molar-refractivity contribution in [1.82, 2.24) is 5.32 Å². The summed E-state index contributed by atoms with van der Waals surface area (Å²) in [5.74, 6) is -0.432. The number of anilines is 2. The predicted molar refractivity (Wildman–Crippen MR) is 113 cm³/mol. The van der Waals surface area contributed by atoms with E-state index in [2.05, 4.69) is 16.0 Å². The number of halogens is 3. The van der Waals surface area contributed by atoms with Crippen molar-refractivity contribution in [2.45, 2.75) is 13.1 Å². The first-order chi connectivity index (χ1) is 14.6. The van der Waals surface area contributed by atoms with Gasteiger partial charge in [0, 0.05) is 24.8 Å². The van der Waals surface area contributed by atoms with Crippen molar-refractivity contribution in [3.05, 3.63) is 63.7 Å². The molecule has 0 saturated carbocycles. The third-order valence-electron chi connectivity index (χ3n) is 3.90. The molecule has 0 amide bonds. The Balaban J connectivity index is 1.85. The first kappa shape index (κ1) is 23.9. The number of thiocarbonyl (C=S) groups is 1. The first-order valence-corrected chi connectivity index (χ1v) is 9.44. The van der Waals surface area contributed by atoms with Crippen LogP contribution in [0.3, 0.4) is 0 Å². The van der Waals surface area contributed by atoms with Crippen LogP contribution in [0, 0.1) is 10.1 Å². The predicted octanol–water partition coefficient (Wildman–Crippen LogP) is 4.19. The molecule has 31 heavy (non-hydrogen) atoms. The van der Waals surface area contributed by atoms with E-state index in [1.165, 1.54) is 0 Å². The minimum absolute atomic E-state index is 0.0340. The Morgan fingerprint density at radius 2 is 1.84 bits per heavy atom. The van der Waals surface area contributed by atoms with Crippen molar-refractivity contribution >= 4 is 40.4 Å². The highest BCUT2D eigenvalue weighted by molar-refractivity contribution is 7.80. The van der Waals surface area contributed by atoms with Gasteiger partial charge in [-0.15, -0.1) is 0 Å². The normalized spacial score (nSPS) is 10.8. The minimum Gasteiger partial charge on any atom is -0.462 e. The van der Waals surface area contributed by atoms with E-state index in [9.17, 15) is 28.1 Å². The second kappa shape index (κ2) is 10.6. The molecule has 0 aliphatic carbocycles. The smallest absolute Gasteiger partial charge is 0.416 e. The number of ether oxygens (including phenoxy) is 1. The monoisotopic (exact) mass is 456 g/mol. The van der Waals surface area contributed by atoms with E-state index in [4.69, 9.17) is 17.0 Å². The number of nitrogens with zero attached hydrogens (tertiary/aromatic N) is 1. The lowest BCUT2D eigenvalue weighted by Gasteiger charge is -2.13. The molecule has 12 heteroatoms. The molecule has 0 spiro atoms. The molecule has 0 fully saturated rings. The van der Waals surface area contributed by atoms with Crippen molar-refractivity contribution in [2.24, 2.45) is 0 Å². The molecule has 8 nitrogen and oxygen atoms in total. The summed E-state index contributed by atoms with van der Waals surface area (Å²) in [6, 6.07) is 8.72. The highest BCUT2D eigenvalue weighted by Crippen LogP contribution is 2.34. The van der Waals surface area contributed by atoms with Crippen molar-refractivity contribution in [2.75, 3.05) is 30.3 Å². The second-order valence-electron chi connectivity index (χ2n) is 6.09. The number of nitro groups is 1. The highest BCUT2D eigenvalue weighted by atomic mass is 32.1. The molecule has 2 rings (SSSR count). The fourth-order valence-electron chi connectivity index (χ4n) is 2.46. The minimum atomic E-state index is -4.67. The molecule has 3 N–H and O–H groups in total. The largest absolute Gasteiger partial charge is 0.462 e. The number of esters is 1. The van der Waals surface area contributed by atoms with Crippen LogP contribution in [0.15, 0.2) is 42.5 Å². The maximum atomic E-state index is 12.7. The SMILES string of the molecule is CCOC(=O)c1ccc(NC(=S)NCCNc2ccc(C(F)(F)F)cc2[N+](=O)[O-])cc1. The fraction of sp³-hybridized carbons (Fsp3) is 0.263. The van der Waals surface area contributed by atoms with E-state index in [-0.39, 0.29) is 30.5 Å².